The molecule has 0 bridgehead atoms. The summed E-state index contributed by atoms with van der Waals surface area (Å²) >= 11 is 0. The number of ether oxygens (including phenoxy) is 2. The van der Waals surface area contributed by atoms with Gasteiger partial charge >= 0.3 is 0 Å². The van der Waals surface area contributed by atoms with Crippen molar-refractivity contribution < 1.29 is 33.0 Å². The maximum atomic E-state index is 15.6. The number of hydrogen-bond donors (Lipinski definition) is 4. The summed E-state index contributed by atoms with van der Waals surface area (Å²) in [6, 6.07) is 4.04. The van der Waals surface area contributed by atoms with Gasteiger partial charge in [0.1, 0.15) is 34.9 Å². The zero-order chi connectivity index (χ0) is 43.4. The Balaban J connectivity index is 0.865. The molecule has 6 heterocycles. The summed E-state index contributed by atoms with van der Waals surface area (Å²) < 4.78 is 26.7. The highest BCUT2D eigenvalue weighted by molar-refractivity contribution is 6.04. The van der Waals surface area contributed by atoms with Crippen LogP contribution in [0.5, 0.6) is 11.5 Å². The predicted octanol–water partition coefficient (Wildman–Crippen LogP) is 3.53. The van der Waals surface area contributed by atoms with Crippen molar-refractivity contribution in [3.8, 4) is 11.5 Å². The molecule has 3 saturated heterocycles. The number of piperidine rings is 2. The van der Waals surface area contributed by atoms with Crippen molar-refractivity contribution in [2.24, 2.45) is 5.92 Å². The maximum Gasteiger partial charge on any atom is 0.284 e. The van der Waals surface area contributed by atoms with Crippen molar-refractivity contribution in [1.29, 1.82) is 0 Å². The topological polar surface area (TPSA) is 190 Å². The first-order valence-corrected chi connectivity index (χ1v) is 21.1. The Hall–Kier alpha value is -5.82. The average Bonchev–Trinajstić information content (AvgIpc) is 3.26. The van der Waals surface area contributed by atoms with Gasteiger partial charge < -0.3 is 34.8 Å². The Morgan fingerprint density at radius 2 is 1.72 bits per heavy atom. The van der Waals surface area contributed by atoms with Crippen molar-refractivity contribution in [2.45, 2.75) is 77.4 Å². The highest BCUT2D eigenvalue weighted by Crippen LogP contribution is 2.38. The molecule has 0 aliphatic carbocycles. The van der Waals surface area contributed by atoms with Crippen LogP contribution < -0.4 is 45.5 Å². The van der Waals surface area contributed by atoms with E-state index >= 15 is 4.39 Å². The van der Waals surface area contributed by atoms with Crippen LogP contribution in [0, 0.1) is 11.7 Å². The van der Waals surface area contributed by atoms with E-state index in [1.54, 1.807) is 30.3 Å². The van der Waals surface area contributed by atoms with E-state index in [0.29, 0.717) is 53.3 Å². The molecule has 0 spiro atoms. The van der Waals surface area contributed by atoms with E-state index in [4.69, 9.17) is 14.5 Å². The average molecular weight is 845 g/mol. The van der Waals surface area contributed by atoms with Crippen LogP contribution in [0.2, 0.25) is 0 Å². The van der Waals surface area contributed by atoms with E-state index < -0.39 is 17.8 Å². The van der Waals surface area contributed by atoms with Gasteiger partial charge in [-0.15, -0.1) is 0 Å². The molecule has 3 aromatic rings. The van der Waals surface area contributed by atoms with Gasteiger partial charge in [0, 0.05) is 64.8 Å². The van der Waals surface area contributed by atoms with Gasteiger partial charge in [-0.25, -0.2) is 19.4 Å². The fourth-order valence-corrected chi connectivity index (χ4v) is 8.61. The first-order chi connectivity index (χ1) is 29.4. The molecule has 0 radical (unpaired) electrons. The number of hydrazine groups is 1. The van der Waals surface area contributed by atoms with Crippen LogP contribution >= 0.6 is 0 Å². The number of methoxy groups -OCH3 is 2. The Kier molecular flexibility index (Phi) is 13.4. The Morgan fingerprint density at radius 3 is 2.39 bits per heavy atom. The number of rotatable bonds is 14. The molecular weight excluding hydrogens is 788 g/mol. The number of halogens is 1. The number of aromatic nitrogens is 3. The van der Waals surface area contributed by atoms with E-state index in [1.165, 1.54) is 20.4 Å². The van der Waals surface area contributed by atoms with Crippen LogP contribution in [0.25, 0.3) is 0 Å². The zero-order valence-corrected chi connectivity index (χ0v) is 35.8. The smallest absolute Gasteiger partial charge is 0.284 e. The van der Waals surface area contributed by atoms with Crippen molar-refractivity contribution in [1.82, 2.24) is 35.6 Å². The van der Waals surface area contributed by atoms with Gasteiger partial charge in [-0.1, -0.05) is 6.92 Å². The largest absolute Gasteiger partial charge is 0.494 e. The van der Waals surface area contributed by atoms with E-state index in [9.17, 15) is 19.2 Å². The van der Waals surface area contributed by atoms with Gasteiger partial charge in [0.2, 0.25) is 23.7 Å². The molecule has 2 aromatic heterocycles. The molecule has 3 fully saturated rings. The summed E-state index contributed by atoms with van der Waals surface area (Å²) in [6.07, 6.45) is 7.25. The number of carbonyl (C=O) groups is 4. The fourth-order valence-electron chi connectivity index (χ4n) is 8.61. The van der Waals surface area contributed by atoms with Gasteiger partial charge in [-0.2, -0.15) is 4.98 Å². The number of nitrogens with one attached hydrogen (secondary N) is 4. The lowest BCUT2D eigenvalue weighted by Crippen LogP contribution is -2.54. The lowest BCUT2D eigenvalue weighted by Gasteiger charge is -2.42. The minimum absolute atomic E-state index is 0.00693. The second-order valence-electron chi connectivity index (χ2n) is 16.2. The summed E-state index contributed by atoms with van der Waals surface area (Å²) in [5.41, 5.74) is 5.19. The minimum Gasteiger partial charge on any atom is -0.494 e. The minimum atomic E-state index is -0.694. The Morgan fingerprint density at radius 1 is 0.967 bits per heavy atom. The molecule has 4 N–H and O–H groups in total. The lowest BCUT2D eigenvalue weighted by molar-refractivity contribution is -0.133. The Labute approximate surface area is 355 Å². The molecule has 4 amide bonds. The lowest BCUT2D eigenvalue weighted by atomic mass is 9.94. The van der Waals surface area contributed by atoms with Crippen LogP contribution in [-0.4, -0.2) is 134 Å². The Bertz CT molecular complexity index is 2110. The molecule has 18 nitrogen and oxygen atoms in total. The molecule has 19 heteroatoms. The van der Waals surface area contributed by atoms with E-state index in [1.807, 2.05) is 36.7 Å². The summed E-state index contributed by atoms with van der Waals surface area (Å²) in [5.74, 6) is 0.368. The zero-order valence-electron chi connectivity index (χ0n) is 35.8. The molecule has 7 rings (SSSR count). The van der Waals surface area contributed by atoms with Gasteiger partial charge in [0.15, 0.2) is 17.4 Å². The van der Waals surface area contributed by atoms with Crippen LogP contribution in [0.3, 0.4) is 0 Å². The van der Waals surface area contributed by atoms with E-state index in [-0.39, 0.29) is 53.4 Å². The first kappa shape index (κ1) is 43.3. The van der Waals surface area contributed by atoms with Crippen molar-refractivity contribution in [3.05, 3.63) is 42.1 Å². The third-order valence-electron chi connectivity index (χ3n) is 12.1. The molecular formula is C42H57FN12O6. The summed E-state index contributed by atoms with van der Waals surface area (Å²) in [7, 11) is 4.70. The van der Waals surface area contributed by atoms with Crippen LogP contribution in [0.15, 0.2) is 30.6 Å². The second kappa shape index (κ2) is 18.8. The number of carbonyl (C=O) groups excluding carboxylic acids is 4. The number of nitrogens with zero attached hydrogens (tertiary/aromatic N) is 8. The molecule has 0 saturated carbocycles. The SMILES string of the molecule is CC[C@@H]1C(=O)N(C)c2cnc(Nc3cnc(C(=O)NN4CCC(CCN5CCN(c6ccc(NC7CCC(=O)NC7=O)c(F)c6OC)CC5)CC4)cc3OC)nc2N1C(C)C. The number of imide groups is 1. The maximum absolute atomic E-state index is 15.6. The number of amides is 4. The van der Waals surface area contributed by atoms with Gasteiger partial charge in [-0.05, 0) is 70.5 Å². The van der Waals surface area contributed by atoms with Crippen LogP contribution in [-0.2, 0) is 14.4 Å². The fraction of sp³-hybridized carbons (Fsp3) is 0.548. The van der Waals surface area contributed by atoms with Crippen molar-refractivity contribution in [3.63, 3.8) is 0 Å². The normalized spacial score (nSPS) is 20.4. The van der Waals surface area contributed by atoms with Crippen LogP contribution in [0.1, 0.15) is 69.8 Å². The van der Waals surface area contributed by atoms with Crippen molar-refractivity contribution in [2.75, 3.05) is 92.4 Å². The second-order valence-corrected chi connectivity index (χ2v) is 16.2. The molecule has 4 aliphatic rings. The number of hydrogen-bond acceptors (Lipinski definition) is 15. The molecule has 1 unspecified atom stereocenters. The van der Waals surface area contributed by atoms with Gasteiger partial charge in [-0.3, -0.25) is 34.8 Å². The number of pyridine rings is 1. The van der Waals surface area contributed by atoms with Gasteiger partial charge in [0.25, 0.3) is 5.91 Å². The van der Waals surface area contributed by atoms with E-state index in [0.717, 1.165) is 65.1 Å². The van der Waals surface area contributed by atoms with Gasteiger partial charge in [0.05, 0.1) is 38.0 Å². The molecule has 4 aliphatic heterocycles. The molecule has 328 valence electrons. The number of piperazine rings is 1. The molecule has 2 atom stereocenters. The van der Waals surface area contributed by atoms with Crippen molar-refractivity contribution >= 4 is 58.1 Å². The molecule has 61 heavy (non-hydrogen) atoms. The third kappa shape index (κ3) is 9.41. The highest BCUT2D eigenvalue weighted by Gasteiger charge is 2.38. The predicted molar refractivity (Wildman–Crippen MR) is 229 cm³/mol. The van der Waals surface area contributed by atoms with Crippen LogP contribution in [0.4, 0.5) is 38.9 Å². The summed E-state index contributed by atoms with van der Waals surface area (Å²) in [5, 5.41) is 10.4. The highest BCUT2D eigenvalue weighted by atomic mass is 19.1. The van der Waals surface area contributed by atoms with E-state index in [2.05, 4.69) is 41.1 Å². The monoisotopic (exact) mass is 844 g/mol. The summed E-state index contributed by atoms with van der Waals surface area (Å²) in [4.78, 5) is 72.0. The standard InChI is InChI=1S/C42H57FN12O6/c1-7-31-41(59)51(4)33-24-45-42(49-38(33)55(31)25(2)3)47-30-23-44-29(22-34(30)60-5)40(58)50-54-16-13-26(14-17-54)12-15-52-18-20-53(21-19-52)32-10-8-27(36(43)37(32)61-6)46-28-9-11-35(56)48-39(28)57/h8,10,22-26,28,31,46H,7,9,11-21H2,1-6H3,(H,50,58)(H,45,47,49)(H,48,56,57)/t28?,31-/m1/s1. The number of anilines is 6. The number of benzene rings is 1. The first-order valence-electron chi connectivity index (χ1n) is 21.1. The summed E-state index contributed by atoms with van der Waals surface area (Å²) in [6.45, 7) is 11.6. The number of fused-ring (bicyclic) bond motifs is 1. The molecule has 1 aromatic carbocycles. The number of likely N-dealkylation sites (N-methyl/N-ethyl adjacent to an activating group) is 1. The quantitative estimate of drug-likeness (QED) is 0.173. The third-order valence-corrected chi connectivity index (χ3v) is 12.1.